The summed E-state index contributed by atoms with van der Waals surface area (Å²) in [4.78, 5) is 37.9. The lowest BCUT2D eigenvalue weighted by molar-refractivity contribution is -0.149. The topological polar surface area (TPSA) is 141 Å². The lowest BCUT2D eigenvalue weighted by Gasteiger charge is -2.28. The first kappa shape index (κ1) is 28.2. The van der Waals surface area contributed by atoms with Crippen LogP contribution in [0.5, 0.6) is 5.75 Å². The van der Waals surface area contributed by atoms with Crippen LogP contribution in [0.15, 0.2) is 52.2 Å². The second-order valence-electron chi connectivity index (χ2n) is 8.67. The molecule has 0 aliphatic carbocycles. The lowest BCUT2D eigenvalue weighted by atomic mass is 9.98. The van der Waals surface area contributed by atoms with Crippen LogP contribution in [0.4, 0.5) is 4.39 Å². The predicted molar refractivity (Wildman–Crippen MR) is 132 cm³/mol. The maximum Gasteiger partial charge on any atom is 0.330 e. The third kappa shape index (κ3) is 6.67. The molecule has 0 spiro atoms. The van der Waals surface area contributed by atoms with Gasteiger partial charge in [-0.2, -0.15) is 0 Å². The van der Waals surface area contributed by atoms with Crippen LogP contribution in [0.2, 0.25) is 0 Å². The molecule has 11 nitrogen and oxygen atoms in total. The molecule has 2 aromatic rings. The molecule has 6 atom stereocenters. The van der Waals surface area contributed by atoms with Gasteiger partial charge in [-0.15, -0.1) is 0 Å². The smallest absolute Gasteiger partial charge is 0.330 e. The highest BCUT2D eigenvalue weighted by Crippen LogP contribution is 2.47. The van der Waals surface area contributed by atoms with E-state index in [0.29, 0.717) is 5.75 Å². The second kappa shape index (κ2) is 11.3. The standard InChI is InChI=1S/C22H29FN3O8PS/c1-13(2)32-19(29)14(3)25-35(36,34-15-8-6-5-7-9-15)31-12-16-18(28)22(4,23)20(33-16)26-11-10-17(27)24-21(26)30/h5-11,13-14,16,18,20,28H,12H2,1-4H3,(H,25,36)(H,24,27,30)/t14-,16-,18-,20-,22-,35+/m1/s1. The van der Waals surface area contributed by atoms with Gasteiger partial charge in [0.15, 0.2) is 11.9 Å². The number of ether oxygens (including phenoxy) is 2. The minimum atomic E-state index is -3.47. The molecule has 1 fully saturated rings. The number of rotatable bonds is 10. The van der Waals surface area contributed by atoms with Gasteiger partial charge in [0.2, 0.25) is 0 Å². The van der Waals surface area contributed by atoms with E-state index in [9.17, 15) is 19.5 Å². The van der Waals surface area contributed by atoms with E-state index in [-0.39, 0.29) is 6.10 Å². The molecular formula is C22H29FN3O8PS. The van der Waals surface area contributed by atoms with E-state index >= 15 is 4.39 Å². The molecular weight excluding hydrogens is 516 g/mol. The van der Waals surface area contributed by atoms with Crippen molar-refractivity contribution in [1.29, 1.82) is 0 Å². The second-order valence-corrected chi connectivity index (χ2v) is 11.8. The average Bonchev–Trinajstić information content (AvgIpc) is 3.01. The molecule has 0 saturated carbocycles. The number of halogens is 1. The summed E-state index contributed by atoms with van der Waals surface area (Å²) in [5.74, 6) is -0.218. The molecule has 14 heteroatoms. The highest BCUT2D eigenvalue weighted by atomic mass is 32.5. The summed E-state index contributed by atoms with van der Waals surface area (Å²) in [6.45, 7) is 2.10. The molecule has 0 unspecified atom stereocenters. The van der Waals surface area contributed by atoms with E-state index in [1.54, 1.807) is 44.2 Å². The maximum absolute atomic E-state index is 15.5. The Hall–Kier alpha value is -2.41. The van der Waals surface area contributed by atoms with Crippen LogP contribution in [-0.2, 0) is 30.6 Å². The molecule has 1 aliphatic heterocycles. The summed E-state index contributed by atoms with van der Waals surface area (Å²) < 4.78 is 38.9. The molecule has 1 aromatic carbocycles. The van der Waals surface area contributed by atoms with E-state index in [4.69, 9.17) is 30.3 Å². The molecule has 36 heavy (non-hydrogen) atoms. The third-order valence-electron chi connectivity index (χ3n) is 5.26. The van der Waals surface area contributed by atoms with Gasteiger partial charge in [-0.1, -0.05) is 18.2 Å². The molecule has 3 rings (SSSR count). The minimum absolute atomic E-state index is 0.354. The Kier molecular flexibility index (Phi) is 8.86. The summed E-state index contributed by atoms with van der Waals surface area (Å²) >= 11 is 5.60. The highest BCUT2D eigenvalue weighted by molar-refractivity contribution is 8.09. The van der Waals surface area contributed by atoms with Crippen molar-refractivity contribution < 1.29 is 32.8 Å². The zero-order valence-corrected chi connectivity index (χ0v) is 21.8. The number of H-pyrrole nitrogens is 1. The third-order valence-corrected chi connectivity index (χ3v) is 7.76. The van der Waals surface area contributed by atoms with Crippen LogP contribution >= 0.6 is 6.64 Å². The van der Waals surface area contributed by atoms with Gasteiger partial charge in [-0.05, 0) is 51.6 Å². The Morgan fingerprint density at radius 1 is 1.31 bits per heavy atom. The van der Waals surface area contributed by atoms with Crippen molar-refractivity contribution in [2.24, 2.45) is 0 Å². The maximum atomic E-state index is 15.5. The Balaban J connectivity index is 1.80. The summed E-state index contributed by atoms with van der Waals surface area (Å²) in [5, 5.41) is 13.5. The number of alkyl halides is 1. The van der Waals surface area contributed by atoms with Crippen molar-refractivity contribution in [2.75, 3.05) is 6.61 Å². The first-order valence-electron chi connectivity index (χ1n) is 11.1. The predicted octanol–water partition coefficient (Wildman–Crippen LogP) is 1.77. The van der Waals surface area contributed by atoms with Crippen molar-refractivity contribution in [3.63, 3.8) is 0 Å². The van der Waals surface area contributed by atoms with Gasteiger partial charge in [-0.25, -0.2) is 14.3 Å². The number of aliphatic hydroxyl groups excluding tert-OH is 1. The first-order chi connectivity index (χ1) is 16.8. The van der Waals surface area contributed by atoms with Crippen LogP contribution in [0.25, 0.3) is 0 Å². The molecule has 1 aromatic heterocycles. The van der Waals surface area contributed by atoms with E-state index in [0.717, 1.165) is 23.8 Å². The average molecular weight is 546 g/mol. The first-order valence-corrected chi connectivity index (χ1v) is 13.8. The summed E-state index contributed by atoms with van der Waals surface area (Å²) in [7, 11) is 0. The van der Waals surface area contributed by atoms with E-state index in [1.165, 1.54) is 6.92 Å². The van der Waals surface area contributed by atoms with Crippen LogP contribution in [0, 0.1) is 0 Å². The molecule has 0 bridgehead atoms. The van der Waals surface area contributed by atoms with Crippen molar-refractivity contribution in [3.05, 3.63) is 63.4 Å². The van der Waals surface area contributed by atoms with Gasteiger partial charge in [0.05, 0.1) is 12.7 Å². The fourth-order valence-corrected chi connectivity index (χ4v) is 5.89. The number of carbonyl (C=O) groups is 1. The number of aromatic nitrogens is 2. The van der Waals surface area contributed by atoms with Gasteiger partial charge >= 0.3 is 18.3 Å². The number of hydrogen-bond donors (Lipinski definition) is 3. The number of aromatic amines is 1. The number of benzene rings is 1. The number of nitrogens with zero attached hydrogens (tertiary/aromatic N) is 1. The van der Waals surface area contributed by atoms with Crippen LogP contribution in [-0.4, -0.2) is 57.3 Å². The fourth-order valence-electron chi connectivity index (χ4n) is 3.47. The van der Waals surface area contributed by atoms with Gasteiger partial charge in [0, 0.05) is 12.3 Å². The molecule has 0 radical (unpaired) electrons. The number of hydrogen-bond acceptors (Lipinski definition) is 9. The fraction of sp³-hybridized carbons (Fsp3) is 0.500. The number of nitrogens with one attached hydrogen (secondary N) is 2. The molecule has 1 saturated heterocycles. The largest absolute Gasteiger partial charge is 0.462 e. The monoisotopic (exact) mass is 545 g/mol. The van der Waals surface area contributed by atoms with Gasteiger partial charge in [0.1, 0.15) is 24.0 Å². The van der Waals surface area contributed by atoms with Crippen molar-refractivity contribution in [3.8, 4) is 5.75 Å². The molecule has 0 amide bonds. The lowest BCUT2D eigenvalue weighted by Crippen LogP contribution is -2.43. The SMILES string of the molecule is CC(C)OC(=O)[C@@H](C)N[P@](=S)(OC[C@H]1O[C@@H](n2ccc(=O)[nH]c2=O)[C@](C)(F)[C@@H]1O)Oc1ccccc1. The zero-order valence-electron chi connectivity index (χ0n) is 20.1. The van der Waals surface area contributed by atoms with Gasteiger partial charge in [0.25, 0.3) is 5.56 Å². The summed E-state index contributed by atoms with van der Waals surface area (Å²) in [6.07, 6.45) is -3.80. The molecule has 198 valence electrons. The number of aliphatic hydroxyl groups is 1. The Morgan fingerprint density at radius 3 is 2.58 bits per heavy atom. The Bertz CT molecular complexity index is 1220. The normalized spacial score (nSPS) is 26.4. The van der Waals surface area contributed by atoms with Crippen molar-refractivity contribution in [2.45, 2.75) is 63.9 Å². The minimum Gasteiger partial charge on any atom is -0.462 e. The van der Waals surface area contributed by atoms with Crippen molar-refractivity contribution in [1.82, 2.24) is 14.6 Å². The number of esters is 1. The highest BCUT2D eigenvalue weighted by Gasteiger charge is 2.55. The van der Waals surface area contributed by atoms with E-state index in [1.807, 2.05) is 4.98 Å². The molecule has 1 aliphatic rings. The molecule has 2 heterocycles. The zero-order chi connectivity index (χ0) is 26.7. The summed E-state index contributed by atoms with van der Waals surface area (Å²) in [5.41, 5.74) is -3.98. The number of para-hydroxylation sites is 1. The Labute approximate surface area is 211 Å². The molecule has 3 N–H and O–H groups in total. The van der Waals surface area contributed by atoms with Gasteiger partial charge in [-0.3, -0.25) is 19.1 Å². The summed E-state index contributed by atoms with van der Waals surface area (Å²) in [6, 6.07) is 8.62. The van der Waals surface area contributed by atoms with Gasteiger partial charge < -0.3 is 23.6 Å². The Morgan fingerprint density at radius 2 is 1.97 bits per heavy atom. The van der Waals surface area contributed by atoms with E-state index in [2.05, 4.69) is 5.09 Å². The van der Waals surface area contributed by atoms with E-state index < -0.39 is 60.6 Å². The van der Waals surface area contributed by atoms with Crippen LogP contribution in [0.3, 0.4) is 0 Å². The van der Waals surface area contributed by atoms with Crippen molar-refractivity contribution >= 4 is 24.4 Å². The van der Waals surface area contributed by atoms with Crippen LogP contribution < -0.4 is 20.9 Å². The quantitative estimate of drug-likeness (QED) is 0.299. The van der Waals surface area contributed by atoms with Crippen LogP contribution in [0.1, 0.15) is 33.9 Å². The number of carbonyl (C=O) groups excluding carboxylic acids is 1.